The number of rotatable bonds is 3. The number of ketones is 2. The minimum absolute atomic E-state index is 0.318. The van der Waals surface area contributed by atoms with Crippen LogP contribution in [0, 0.1) is 11.8 Å². The van der Waals surface area contributed by atoms with Crippen LogP contribution in [0.15, 0.2) is 0 Å². The van der Waals surface area contributed by atoms with Crippen LogP contribution in [0.5, 0.6) is 0 Å². The van der Waals surface area contributed by atoms with Crippen LogP contribution in [0.25, 0.3) is 0 Å². The van der Waals surface area contributed by atoms with Gasteiger partial charge < -0.3 is 0 Å². The first-order valence-electron chi connectivity index (χ1n) is 8.97. The quantitative estimate of drug-likeness (QED) is 0.591. The van der Waals surface area contributed by atoms with Gasteiger partial charge in [-0.2, -0.15) is 0 Å². The van der Waals surface area contributed by atoms with Crippen LogP contribution >= 0.6 is 0 Å². The summed E-state index contributed by atoms with van der Waals surface area (Å²) in [6.45, 7) is 0. The Hall–Kier alpha value is -0.740. The molecule has 0 aromatic carbocycles. The van der Waals surface area contributed by atoms with Gasteiger partial charge in [0.05, 0.1) is 0 Å². The van der Waals surface area contributed by atoms with E-state index in [0.29, 0.717) is 36.2 Å². The molecule has 0 aliphatic heterocycles. The smallest absolute Gasteiger partial charge is 0.136 e. The van der Waals surface area contributed by atoms with Crippen molar-refractivity contribution in [2.24, 2.45) is 11.8 Å². The van der Waals surface area contributed by atoms with Crippen molar-refractivity contribution in [3.05, 3.63) is 0 Å². The fourth-order valence-electron chi connectivity index (χ4n) is 5.45. The zero-order chi connectivity index (χ0) is 15.2. The van der Waals surface area contributed by atoms with Gasteiger partial charge in [0.1, 0.15) is 22.8 Å². The maximum atomic E-state index is 12.0. The van der Waals surface area contributed by atoms with Crippen LogP contribution in [0.4, 0.5) is 0 Å². The lowest BCUT2D eigenvalue weighted by atomic mass is 9.68. The fraction of sp³-hybridized carbons (Fsp3) is 0.889. The van der Waals surface area contributed by atoms with Crippen molar-refractivity contribution >= 4 is 11.6 Å². The van der Waals surface area contributed by atoms with Crippen molar-refractivity contribution < 1.29 is 19.4 Å². The van der Waals surface area contributed by atoms with Gasteiger partial charge in [0.2, 0.25) is 0 Å². The Morgan fingerprint density at radius 1 is 0.773 bits per heavy atom. The molecule has 0 aromatic rings. The van der Waals surface area contributed by atoms with Crippen LogP contribution in [-0.2, 0) is 19.4 Å². The molecule has 4 heteroatoms. The van der Waals surface area contributed by atoms with E-state index in [-0.39, 0.29) is 0 Å². The van der Waals surface area contributed by atoms with E-state index in [1.807, 2.05) is 0 Å². The minimum atomic E-state index is -0.402. The number of carbonyl (C=O) groups is 2. The monoisotopic (exact) mass is 306 g/mol. The van der Waals surface area contributed by atoms with Crippen LogP contribution < -0.4 is 0 Å². The molecule has 0 saturated heterocycles. The summed E-state index contributed by atoms with van der Waals surface area (Å²) < 4.78 is 0. The summed E-state index contributed by atoms with van der Waals surface area (Å²) in [5.41, 5.74) is -0.805. The molecule has 4 aliphatic rings. The maximum absolute atomic E-state index is 12.0. The van der Waals surface area contributed by atoms with E-state index in [4.69, 9.17) is 9.78 Å². The largest absolute Gasteiger partial charge is 0.300 e. The summed E-state index contributed by atoms with van der Waals surface area (Å²) >= 11 is 0. The molecule has 4 atom stereocenters. The fourth-order valence-corrected chi connectivity index (χ4v) is 5.45. The lowest BCUT2D eigenvalue weighted by molar-refractivity contribution is -0.427. The van der Waals surface area contributed by atoms with Gasteiger partial charge in [-0.3, -0.25) is 9.59 Å². The van der Waals surface area contributed by atoms with E-state index in [0.717, 1.165) is 64.2 Å². The minimum Gasteiger partial charge on any atom is -0.300 e. The molecule has 0 aromatic heterocycles. The summed E-state index contributed by atoms with van der Waals surface area (Å²) in [5, 5.41) is 0. The van der Waals surface area contributed by atoms with Crippen molar-refractivity contribution in [2.75, 3.05) is 0 Å². The zero-order valence-corrected chi connectivity index (χ0v) is 13.3. The number of hydrogen-bond donors (Lipinski definition) is 0. The first kappa shape index (κ1) is 14.8. The zero-order valence-electron chi connectivity index (χ0n) is 13.3. The molecule has 22 heavy (non-hydrogen) atoms. The van der Waals surface area contributed by atoms with Crippen molar-refractivity contribution in [2.45, 2.75) is 88.3 Å². The standard InChI is InChI=1S/C18H26O4/c19-15-7-13-3-1-5-17(9-13,11-15)21-22-18-6-2-4-14(10-18)8-16(20)12-18/h13-14H,1-12H2. The van der Waals surface area contributed by atoms with Gasteiger partial charge >= 0.3 is 0 Å². The SMILES string of the molecule is O=C1CC2CCCC(OOC34CCCC(CC(=O)C3)C4)(C1)C2. The van der Waals surface area contributed by atoms with Gasteiger partial charge in [0, 0.05) is 25.7 Å². The van der Waals surface area contributed by atoms with Crippen LogP contribution in [-0.4, -0.2) is 22.8 Å². The van der Waals surface area contributed by atoms with Gasteiger partial charge in [-0.15, -0.1) is 0 Å². The molecule has 4 nitrogen and oxygen atoms in total. The molecule has 4 saturated carbocycles. The number of fused-ring (bicyclic) bond motifs is 4. The highest BCUT2D eigenvalue weighted by molar-refractivity contribution is 5.81. The Balaban J connectivity index is 1.46. The average Bonchev–Trinajstić information content (AvgIpc) is 2.44. The van der Waals surface area contributed by atoms with Crippen LogP contribution in [0.1, 0.15) is 77.0 Å². The van der Waals surface area contributed by atoms with E-state index in [2.05, 4.69) is 0 Å². The predicted molar refractivity (Wildman–Crippen MR) is 80.0 cm³/mol. The third-order valence-corrected chi connectivity index (χ3v) is 6.28. The molecule has 0 radical (unpaired) electrons. The molecule has 0 heterocycles. The van der Waals surface area contributed by atoms with Gasteiger partial charge in [-0.25, -0.2) is 9.78 Å². The van der Waals surface area contributed by atoms with Gasteiger partial charge in [0.15, 0.2) is 0 Å². The summed E-state index contributed by atoms with van der Waals surface area (Å²) in [6, 6.07) is 0. The number of carbonyl (C=O) groups excluding carboxylic acids is 2. The summed E-state index contributed by atoms with van der Waals surface area (Å²) in [7, 11) is 0. The first-order chi connectivity index (χ1) is 10.6. The van der Waals surface area contributed by atoms with E-state index < -0.39 is 11.2 Å². The lowest BCUT2D eigenvalue weighted by Gasteiger charge is -2.47. The van der Waals surface area contributed by atoms with E-state index >= 15 is 0 Å². The third kappa shape index (κ3) is 2.76. The topological polar surface area (TPSA) is 52.6 Å². The number of hydrogen-bond acceptors (Lipinski definition) is 4. The average molecular weight is 306 g/mol. The Labute approximate surface area is 131 Å². The van der Waals surface area contributed by atoms with Crippen molar-refractivity contribution in [1.82, 2.24) is 0 Å². The molecular formula is C18H26O4. The normalized spacial score (nSPS) is 44.9. The lowest BCUT2D eigenvalue weighted by Crippen LogP contribution is -2.50. The van der Waals surface area contributed by atoms with Crippen molar-refractivity contribution in [3.8, 4) is 0 Å². The summed E-state index contributed by atoms with van der Waals surface area (Å²) in [6.07, 6.45) is 10.7. The Bertz CT molecular complexity index is 443. The molecule has 4 bridgehead atoms. The van der Waals surface area contributed by atoms with E-state index in [1.165, 1.54) is 0 Å². The van der Waals surface area contributed by atoms with E-state index in [1.54, 1.807) is 0 Å². The van der Waals surface area contributed by atoms with E-state index in [9.17, 15) is 9.59 Å². The Morgan fingerprint density at radius 3 is 1.68 bits per heavy atom. The van der Waals surface area contributed by atoms with Gasteiger partial charge in [-0.05, 0) is 50.4 Å². The van der Waals surface area contributed by atoms with Gasteiger partial charge in [-0.1, -0.05) is 12.8 Å². The van der Waals surface area contributed by atoms with Crippen LogP contribution in [0.3, 0.4) is 0 Å². The Morgan fingerprint density at radius 2 is 1.23 bits per heavy atom. The first-order valence-corrected chi connectivity index (χ1v) is 8.97. The molecule has 4 unspecified atom stereocenters. The van der Waals surface area contributed by atoms with Crippen molar-refractivity contribution in [3.63, 3.8) is 0 Å². The molecule has 4 rings (SSSR count). The highest BCUT2D eigenvalue weighted by Gasteiger charge is 2.49. The molecule has 0 N–H and O–H groups in total. The molecule has 4 fully saturated rings. The van der Waals surface area contributed by atoms with Crippen LogP contribution in [0.2, 0.25) is 0 Å². The molecule has 4 aliphatic carbocycles. The predicted octanol–water partition coefficient (Wildman–Crippen LogP) is 3.52. The highest BCUT2D eigenvalue weighted by atomic mass is 17.2. The second kappa shape index (κ2) is 5.41. The second-order valence-electron chi connectivity index (χ2n) is 8.30. The Kier molecular flexibility index (Phi) is 3.65. The molecular weight excluding hydrogens is 280 g/mol. The van der Waals surface area contributed by atoms with Gasteiger partial charge in [0.25, 0.3) is 0 Å². The molecule has 0 spiro atoms. The molecule has 122 valence electrons. The van der Waals surface area contributed by atoms with Crippen molar-refractivity contribution in [1.29, 1.82) is 0 Å². The maximum Gasteiger partial charge on any atom is 0.136 e. The summed E-state index contributed by atoms with van der Waals surface area (Å²) in [4.78, 5) is 36.0. The third-order valence-electron chi connectivity index (χ3n) is 6.28. The second-order valence-corrected chi connectivity index (χ2v) is 8.30. The summed E-state index contributed by atoms with van der Waals surface area (Å²) in [5.74, 6) is 1.59. The highest BCUT2D eigenvalue weighted by Crippen LogP contribution is 2.48. The number of Topliss-reactive ketones (excluding diaryl/α,β-unsaturated/α-hetero) is 2. The molecule has 0 amide bonds.